The fraction of sp³-hybridized carbons (Fsp3) is 0.333. The van der Waals surface area contributed by atoms with E-state index < -0.39 is 5.97 Å². The predicted octanol–water partition coefficient (Wildman–Crippen LogP) is 0.491. The molecule has 0 saturated heterocycles. The molecule has 0 heterocycles. The second-order valence-corrected chi connectivity index (χ2v) is 3.60. The monoisotopic (exact) mass is 236 g/mol. The van der Waals surface area contributed by atoms with Gasteiger partial charge in [0, 0.05) is 12.1 Å². The Bertz CT molecular complexity index is 404. The van der Waals surface area contributed by atoms with Crippen molar-refractivity contribution in [3.63, 3.8) is 0 Å². The number of ether oxygens (including phenoxy) is 1. The second-order valence-electron chi connectivity index (χ2n) is 3.60. The molecule has 1 rings (SSSR count). The number of nitrogen functional groups attached to an aromatic ring is 1. The molecule has 0 aliphatic heterocycles. The molecule has 0 unspecified atom stereocenters. The molecule has 1 aromatic rings. The third-order valence-electron chi connectivity index (χ3n) is 2.25. The average molecular weight is 236 g/mol. The number of nitrogens with two attached hydrogens (primary N) is 1. The average Bonchev–Trinajstić information content (AvgIpc) is 2.33. The Kier molecular flexibility index (Phi) is 5.00. The first kappa shape index (κ1) is 13.0. The van der Waals surface area contributed by atoms with E-state index in [-0.39, 0.29) is 12.5 Å². The normalized spacial score (nSPS) is 9.71. The Labute approximate surface area is 99.9 Å². The van der Waals surface area contributed by atoms with Crippen molar-refractivity contribution in [1.82, 2.24) is 5.32 Å². The summed E-state index contributed by atoms with van der Waals surface area (Å²) in [6.07, 6.45) is 0.915. The second kappa shape index (κ2) is 6.52. The molecule has 0 spiro atoms. The molecule has 5 heteroatoms. The lowest BCUT2D eigenvalue weighted by Gasteiger charge is -2.04. The molecule has 0 aliphatic rings. The van der Waals surface area contributed by atoms with Gasteiger partial charge in [0.25, 0.3) is 0 Å². The van der Waals surface area contributed by atoms with Gasteiger partial charge in [0.05, 0.1) is 7.11 Å². The Morgan fingerprint density at radius 1 is 1.41 bits per heavy atom. The molecule has 92 valence electrons. The molecule has 5 nitrogen and oxygen atoms in total. The van der Waals surface area contributed by atoms with Gasteiger partial charge in [-0.05, 0) is 24.1 Å². The Morgan fingerprint density at radius 3 is 2.82 bits per heavy atom. The molecular formula is C12H16N2O3. The van der Waals surface area contributed by atoms with E-state index in [1.54, 1.807) is 6.07 Å². The highest BCUT2D eigenvalue weighted by atomic mass is 16.5. The zero-order chi connectivity index (χ0) is 12.7. The van der Waals surface area contributed by atoms with Gasteiger partial charge >= 0.3 is 5.97 Å². The first-order valence-corrected chi connectivity index (χ1v) is 5.29. The lowest BCUT2D eigenvalue weighted by Crippen LogP contribution is -2.30. The summed E-state index contributed by atoms with van der Waals surface area (Å²) < 4.78 is 4.41. The smallest absolute Gasteiger partial charge is 0.325 e. The molecule has 17 heavy (non-hydrogen) atoms. The van der Waals surface area contributed by atoms with E-state index in [2.05, 4.69) is 10.1 Å². The summed E-state index contributed by atoms with van der Waals surface area (Å²) in [4.78, 5) is 22.2. The number of carbonyl (C=O) groups excluding carboxylic acids is 2. The van der Waals surface area contributed by atoms with E-state index in [0.29, 0.717) is 18.5 Å². The molecule has 0 aliphatic carbocycles. The Morgan fingerprint density at radius 2 is 2.18 bits per heavy atom. The van der Waals surface area contributed by atoms with Gasteiger partial charge in [-0.3, -0.25) is 9.59 Å². The van der Waals surface area contributed by atoms with Crippen LogP contribution in [0.4, 0.5) is 5.69 Å². The quantitative estimate of drug-likeness (QED) is 0.576. The third kappa shape index (κ3) is 5.01. The largest absolute Gasteiger partial charge is 0.468 e. The number of hydrogen-bond donors (Lipinski definition) is 2. The van der Waals surface area contributed by atoms with Crippen molar-refractivity contribution < 1.29 is 14.3 Å². The van der Waals surface area contributed by atoms with E-state index in [1.165, 1.54) is 7.11 Å². The highest BCUT2D eigenvalue weighted by molar-refractivity contribution is 5.81. The molecule has 1 amide bonds. The molecule has 0 bridgehead atoms. The first-order chi connectivity index (χ1) is 8.11. The van der Waals surface area contributed by atoms with Crippen LogP contribution in [0.5, 0.6) is 0 Å². The lowest BCUT2D eigenvalue weighted by molar-refractivity contribution is -0.141. The molecule has 0 atom stereocenters. The van der Waals surface area contributed by atoms with Crippen LogP contribution in [0.15, 0.2) is 24.3 Å². The summed E-state index contributed by atoms with van der Waals surface area (Å²) in [7, 11) is 1.28. The van der Waals surface area contributed by atoms with Crippen molar-refractivity contribution in [2.45, 2.75) is 12.8 Å². The number of nitrogens with one attached hydrogen (secondary N) is 1. The number of carbonyl (C=O) groups is 2. The van der Waals surface area contributed by atoms with Gasteiger partial charge in [-0.1, -0.05) is 12.1 Å². The number of hydrogen-bond acceptors (Lipinski definition) is 4. The Balaban J connectivity index is 2.31. The minimum Gasteiger partial charge on any atom is -0.468 e. The van der Waals surface area contributed by atoms with Gasteiger partial charge < -0.3 is 15.8 Å². The molecule has 0 radical (unpaired) electrons. The maximum Gasteiger partial charge on any atom is 0.325 e. The summed E-state index contributed by atoms with van der Waals surface area (Å²) in [5.41, 5.74) is 7.30. The van der Waals surface area contributed by atoms with Gasteiger partial charge in [-0.2, -0.15) is 0 Å². The van der Waals surface area contributed by atoms with Crippen LogP contribution in [-0.4, -0.2) is 25.5 Å². The molecule has 3 N–H and O–H groups in total. The maximum absolute atomic E-state index is 11.4. The zero-order valence-electron chi connectivity index (χ0n) is 9.73. The summed E-state index contributed by atoms with van der Waals surface area (Å²) in [6.45, 7) is -0.0910. The molecule has 0 saturated carbocycles. The van der Waals surface area contributed by atoms with Gasteiger partial charge in [-0.15, -0.1) is 0 Å². The van der Waals surface area contributed by atoms with Crippen molar-refractivity contribution in [3.05, 3.63) is 29.8 Å². The highest BCUT2D eigenvalue weighted by Crippen LogP contribution is 2.08. The molecule has 1 aromatic carbocycles. The number of rotatable bonds is 5. The Hall–Kier alpha value is -2.04. The minimum absolute atomic E-state index is 0.0910. The van der Waals surface area contributed by atoms with E-state index in [0.717, 1.165) is 5.56 Å². The van der Waals surface area contributed by atoms with Gasteiger partial charge in [-0.25, -0.2) is 0 Å². The summed E-state index contributed by atoms with van der Waals surface area (Å²) >= 11 is 0. The molecular weight excluding hydrogens is 220 g/mol. The van der Waals surface area contributed by atoms with Gasteiger partial charge in [0.15, 0.2) is 0 Å². The number of amides is 1. The standard InChI is InChI=1S/C12H16N2O3/c1-17-12(16)8-14-11(15)6-5-9-3-2-4-10(13)7-9/h2-4,7H,5-6,8,13H2,1H3,(H,14,15). The number of methoxy groups -OCH3 is 1. The van der Waals surface area contributed by atoms with Crippen LogP contribution in [0.25, 0.3) is 0 Å². The number of esters is 1. The minimum atomic E-state index is -0.456. The fourth-order valence-electron chi connectivity index (χ4n) is 1.34. The van der Waals surface area contributed by atoms with E-state index in [1.807, 2.05) is 18.2 Å². The van der Waals surface area contributed by atoms with Gasteiger partial charge in [0.1, 0.15) is 6.54 Å². The van der Waals surface area contributed by atoms with Crippen molar-refractivity contribution in [1.29, 1.82) is 0 Å². The fourth-order valence-corrected chi connectivity index (χ4v) is 1.34. The first-order valence-electron chi connectivity index (χ1n) is 5.29. The van der Waals surface area contributed by atoms with Crippen molar-refractivity contribution >= 4 is 17.6 Å². The summed E-state index contributed by atoms with van der Waals surface area (Å²) in [6, 6.07) is 7.37. The number of anilines is 1. The number of benzene rings is 1. The van der Waals surface area contributed by atoms with E-state index in [4.69, 9.17) is 5.73 Å². The van der Waals surface area contributed by atoms with Gasteiger partial charge in [0.2, 0.25) is 5.91 Å². The van der Waals surface area contributed by atoms with Crippen LogP contribution < -0.4 is 11.1 Å². The SMILES string of the molecule is COC(=O)CNC(=O)CCc1cccc(N)c1. The molecule has 0 aromatic heterocycles. The third-order valence-corrected chi connectivity index (χ3v) is 2.25. The topological polar surface area (TPSA) is 81.4 Å². The van der Waals surface area contributed by atoms with Crippen LogP contribution >= 0.6 is 0 Å². The van der Waals surface area contributed by atoms with Crippen molar-refractivity contribution in [3.8, 4) is 0 Å². The van der Waals surface area contributed by atoms with Crippen LogP contribution in [0.3, 0.4) is 0 Å². The van der Waals surface area contributed by atoms with Crippen LogP contribution in [-0.2, 0) is 20.7 Å². The van der Waals surface area contributed by atoms with E-state index in [9.17, 15) is 9.59 Å². The van der Waals surface area contributed by atoms with Crippen molar-refractivity contribution in [2.24, 2.45) is 0 Å². The highest BCUT2D eigenvalue weighted by Gasteiger charge is 2.05. The summed E-state index contributed by atoms with van der Waals surface area (Å²) in [5.74, 6) is -0.639. The maximum atomic E-state index is 11.4. The van der Waals surface area contributed by atoms with E-state index >= 15 is 0 Å². The zero-order valence-corrected chi connectivity index (χ0v) is 9.73. The van der Waals surface area contributed by atoms with Crippen LogP contribution in [0.1, 0.15) is 12.0 Å². The molecule has 0 fully saturated rings. The predicted molar refractivity (Wildman–Crippen MR) is 64.2 cm³/mol. The van der Waals surface area contributed by atoms with Crippen LogP contribution in [0, 0.1) is 0 Å². The lowest BCUT2D eigenvalue weighted by atomic mass is 10.1. The van der Waals surface area contributed by atoms with Crippen molar-refractivity contribution in [2.75, 3.05) is 19.4 Å². The summed E-state index contributed by atoms with van der Waals surface area (Å²) in [5, 5.41) is 2.47. The number of aryl methyl sites for hydroxylation is 1. The van der Waals surface area contributed by atoms with Crippen LogP contribution in [0.2, 0.25) is 0 Å².